The largest absolute Gasteiger partial charge is 0.353 e. The number of amides is 2. The molecule has 3 rings (SSSR count). The number of carbonyl (C=O) groups is 2. The molecule has 0 saturated heterocycles. The normalized spacial score (nSPS) is 18.5. The van der Waals surface area contributed by atoms with Crippen LogP contribution < -0.4 is 10.6 Å². The van der Waals surface area contributed by atoms with E-state index in [1.54, 1.807) is 0 Å². The highest BCUT2D eigenvalue weighted by molar-refractivity contribution is 8.00. The SMILES string of the molecule is O=C1CSc2ccc(CC(=O)NC3CCCC3)cc2N1. The summed E-state index contributed by atoms with van der Waals surface area (Å²) in [4.78, 5) is 24.4. The van der Waals surface area contributed by atoms with Crippen LogP contribution in [0, 0.1) is 0 Å². The second kappa shape index (κ2) is 5.87. The lowest BCUT2D eigenvalue weighted by Gasteiger charge is -2.17. The van der Waals surface area contributed by atoms with Crippen molar-refractivity contribution in [2.75, 3.05) is 11.1 Å². The second-order valence-corrected chi connectivity index (χ2v) is 6.41. The van der Waals surface area contributed by atoms with E-state index in [9.17, 15) is 9.59 Å². The lowest BCUT2D eigenvalue weighted by molar-refractivity contribution is -0.121. The molecule has 0 bridgehead atoms. The number of thioether (sulfide) groups is 1. The number of benzene rings is 1. The van der Waals surface area contributed by atoms with Crippen LogP contribution in [0.3, 0.4) is 0 Å². The molecule has 2 aliphatic rings. The minimum Gasteiger partial charge on any atom is -0.353 e. The minimum absolute atomic E-state index is 0.0232. The predicted octanol–water partition coefficient (Wildman–Crippen LogP) is 2.33. The molecule has 2 amide bonds. The fraction of sp³-hybridized carbons (Fsp3) is 0.467. The lowest BCUT2D eigenvalue weighted by atomic mass is 10.1. The third-order valence-electron chi connectivity index (χ3n) is 3.76. The number of carbonyl (C=O) groups excluding carboxylic acids is 2. The van der Waals surface area contributed by atoms with Gasteiger partial charge in [-0.25, -0.2) is 0 Å². The van der Waals surface area contributed by atoms with Gasteiger partial charge in [0.15, 0.2) is 0 Å². The van der Waals surface area contributed by atoms with Crippen molar-refractivity contribution in [1.82, 2.24) is 5.32 Å². The molecule has 1 aromatic carbocycles. The van der Waals surface area contributed by atoms with E-state index in [4.69, 9.17) is 0 Å². The zero-order valence-electron chi connectivity index (χ0n) is 11.3. The molecule has 1 saturated carbocycles. The van der Waals surface area contributed by atoms with E-state index < -0.39 is 0 Å². The first kappa shape index (κ1) is 13.5. The van der Waals surface area contributed by atoms with E-state index in [1.165, 1.54) is 24.6 Å². The van der Waals surface area contributed by atoms with Crippen molar-refractivity contribution < 1.29 is 9.59 Å². The summed E-state index contributed by atoms with van der Waals surface area (Å²) in [6.45, 7) is 0. The Kier molecular flexibility index (Phi) is 3.96. The zero-order valence-corrected chi connectivity index (χ0v) is 12.1. The fourth-order valence-electron chi connectivity index (χ4n) is 2.77. The van der Waals surface area contributed by atoms with Gasteiger partial charge in [0.25, 0.3) is 0 Å². The van der Waals surface area contributed by atoms with Crippen LogP contribution in [0.15, 0.2) is 23.1 Å². The Bertz CT molecular complexity index is 539. The van der Waals surface area contributed by atoms with Crippen molar-refractivity contribution in [1.29, 1.82) is 0 Å². The van der Waals surface area contributed by atoms with Gasteiger partial charge in [-0.05, 0) is 30.5 Å². The summed E-state index contributed by atoms with van der Waals surface area (Å²) in [5, 5.41) is 5.94. The van der Waals surface area contributed by atoms with Crippen LogP contribution in [0.1, 0.15) is 31.2 Å². The minimum atomic E-state index is 0.0232. The van der Waals surface area contributed by atoms with Gasteiger partial charge in [0.05, 0.1) is 17.9 Å². The summed E-state index contributed by atoms with van der Waals surface area (Å²) in [5.41, 5.74) is 1.78. The van der Waals surface area contributed by atoms with Crippen LogP contribution in [0.5, 0.6) is 0 Å². The lowest BCUT2D eigenvalue weighted by Crippen LogP contribution is -2.33. The molecule has 2 N–H and O–H groups in total. The Balaban J connectivity index is 1.63. The summed E-state index contributed by atoms with van der Waals surface area (Å²) in [6.07, 6.45) is 5.01. The number of fused-ring (bicyclic) bond motifs is 1. The topological polar surface area (TPSA) is 58.2 Å². The predicted molar refractivity (Wildman–Crippen MR) is 79.9 cm³/mol. The summed E-state index contributed by atoms with van der Waals surface area (Å²) in [7, 11) is 0. The third kappa shape index (κ3) is 3.15. The Morgan fingerprint density at radius 2 is 2.15 bits per heavy atom. The van der Waals surface area contributed by atoms with Gasteiger partial charge in [-0.2, -0.15) is 0 Å². The summed E-state index contributed by atoms with van der Waals surface area (Å²) < 4.78 is 0. The van der Waals surface area contributed by atoms with Crippen molar-refractivity contribution in [3.63, 3.8) is 0 Å². The molecule has 106 valence electrons. The maximum absolute atomic E-state index is 12.0. The van der Waals surface area contributed by atoms with Crippen molar-refractivity contribution in [2.24, 2.45) is 0 Å². The standard InChI is InChI=1S/C15H18N2O2S/c18-14(16-11-3-1-2-4-11)8-10-5-6-13-12(7-10)17-15(19)9-20-13/h5-7,11H,1-4,8-9H2,(H,16,18)(H,17,19). The first-order valence-electron chi connectivity index (χ1n) is 7.05. The molecule has 0 spiro atoms. The van der Waals surface area contributed by atoms with Crippen LogP contribution >= 0.6 is 11.8 Å². The molecular formula is C15H18N2O2S. The highest BCUT2D eigenvalue weighted by Gasteiger charge is 2.19. The molecule has 1 aliphatic heterocycles. The Morgan fingerprint density at radius 1 is 1.35 bits per heavy atom. The van der Waals surface area contributed by atoms with Gasteiger partial charge in [0.2, 0.25) is 11.8 Å². The number of rotatable bonds is 3. The van der Waals surface area contributed by atoms with Crippen LogP contribution in [-0.2, 0) is 16.0 Å². The smallest absolute Gasteiger partial charge is 0.234 e. The molecule has 0 radical (unpaired) electrons. The van der Waals surface area contributed by atoms with Gasteiger partial charge in [-0.3, -0.25) is 9.59 Å². The molecule has 0 aromatic heterocycles. The monoisotopic (exact) mass is 290 g/mol. The summed E-state index contributed by atoms with van der Waals surface area (Å²) in [6, 6.07) is 6.22. The maximum atomic E-state index is 12.0. The van der Waals surface area contributed by atoms with Gasteiger partial charge in [0.1, 0.15) is 0 Å². The molecule has 1 fully saturated rings. The Hall–Kier alpha value is -1.49. The van der Waals surface area contributed by atoms with Gasteiger partial charge >= 0.3 is 0 Å². The van der Waals surface area contributed by atoms with Crippen molar-refractivity contribution in [3.05, 3.63) is 23.8 Å². The molecule has 0 unspecified atom stereocenters. The average molecular weight is 290 g/mol. The van der Waals surface area contributed by atoms with Crippen LogP contribution in [0.2, 0.25) is 0 Å². The van der Waals surface area contributed by atoms with Crippen molar-refractivity contribution >= 4 is 29.3 Å². The third-order valence-corrected chi connectivity index (χ3v) is 4.84. The highest BCUT2D eigenvalue weighted by Crippen LogP contribution is 2.32. The number of hydrogen-bond acceptors (Lipinski definition) is 3. The first-order valence-corrected chi connectivity index (χ1v) is 8.04. The number of anilines is 1. The van der Waals surface area contributed by atoms with E-state index in [0.717, 1.165) is 29.0 Å². The molecular weight excluding hydrogens is 272 g/mol. The molecule has 1 aromatic rings. The van der Waals surface area contributed by atoms with E-state index in [2.05, 4.69) is 10.6 Å². The van der Waals surface area contributed by atoms with Crippen LogP contribution in [-0.4, -0.2) is 23.6 Å². The Morgan fingerprint density at radius 3 is 2.95 bits per heavy atom. The van der Waals surface area contributed by atoms with E-state index >= 15 is 0 Å². The second-order valence-electron chi connectivity index (χ2n) is 5.39. The average Bonchev–Trinajstić information content (AvgIpc) is 2.91. The van der Waals surface area contributed by atoms with Crippen molar-refractivity contribution in [3.8, 4) is 0 Å². The fourth-order valence-corrected chi connectivity index (χ4v) is 3.56. The number of nitrogens with one attached hydrogen (secondary N) is 2. The molecule has 4 nitrogen and oxygen atoms in total. The van der Waals surface area contributed by atoms with Crippen molar-refractivity contribution in [2.45, 2.75) is 43.0 Å². The van der Waals surface area contributed by atoms with E-state index in [1.807, 2.05) is 18.2 Å². The summed E-state index contributed by atoms with van der Waals surface area (Å²) >= 11 is 1.54. The maximum Gasteiger partial charge on any atom is 0.234 e. The van der Waals surface area contributed by atoms with E-state index in [-0.39, 0.29) is 11.8 Å². The first-order chi connectivity index (χ1) is 9.70. The van der Waals surface area contributed by atoms with Crippen LogP contribution in [0.25, 0.3) is 0 Å². The van der Waals surface area contributed by atoms with Crippen LogP contribution in [0.4, 0.5) is 5.69 Å². The van der Waals surface area contributed by atoms with E-state index in [0.29, 0.717) is 18.2 Å². The molecule has 20 heavy (non-hydrogen) atoms. The van der Waals surface area contributed by atoms with Gasteiger partial charge < -0.3 is 10.6 Å². The number of hydrogen-bond donors (Lipinski definition) is 2. The van der Waals surface area contributed by atoms with Gasteiger partial charge in [0, 0.05) is 10.9 Å². The Labute approximate surface area is 122 Å². The molecule has 1 heterocycles. The molecule has 1 aliphatic carbocycles. The summed E-state index contributed by atoms with van der Waals surface area (Å²) in [5.74, 6) is 0.566. The molecule has 5 heteroatoms. The zero-order chi connectivity index (χ0) is 13.9. The quantitative estimate of drug-likeness (QED) is 0.898. The molecule has 0 atom stereocenters. The van der Waals surface area contributed by atoms with Gasteiger partial charge in [-0.1, -0.05) is 18.9 Å². The highest BCUT2D eigenvalue weighted by atomic mass is 32.2. The van der Waals surface area contributed by atoms with Gasteiger partial charge in [-0.15, -0.1) is 11.8 Å².